The van der Waals surface area contributed by atoms with Gasteiger partial charge in [-0.3, -0.25) is 4.79 Å². The van der Waals surface area contributed by atoms with Crippen LogP contribution in [0.25, 0.3) is 5.69 Å². The van der Waals surface area contributed by atoms with Crippen molar-refractivity contribution in [1.29, 1.82) is 0 Å². The van der Waals surface area contributed by atoms with Gasteiger partial charge >= 0.3 is 0 Å². The van der Waals surface area contributed by atoms with Crippen molar-refractivity contribution in [3.05, 3.63) is 66.2 Å². The van der Waals surface area contributed by atoms with Crippen LogP contribution in [-0.4, -0.2) is 31.4 Å². The molecule has 26 heavy (non-hydrogen) atoms. The lowest BCUT2D eigenvalue weighted by molar-refractivity contribution is -0.121. The van der Waals surface area contributed by atoms with Gasteiger partial charge in [-0.05, 0) is 41.5 Å². The average Bonchev–Trinajstić information content (AvgIpc) is 3.15. The van der Waals surface area contributed by atoms with Crippen molar-refractivity contribution >= 4 is 17.7 Å². The van der Waals surface area contributed by atoms with E-state index in [2.05, 4.69) is 20.8 Å². The number of hydrogen-bond acceptors (Lipinski definition) is 5. The fraction of sp³-hybridized carbons (Fsp3) is 0.263. The Bertz CT molecular complexity index is 837. The van der Waals surface area contributed by atoms with Gasteiger partial charge in [0.15, 0.2) is 0 Å². The van der Waals surface area contributed by atoms with Crippen molar-refractivity contribution in [2.75, 3.05) is 0 Å². The van der Waals surface area contributed by atoms with Crippen LogP contribution in [0.1, 0.15) is 31.9 Å². The van der Waals surface area contributed by atoms with Gasteiger partial charge in [0, 0.05) is 0 Å². The molecule has 0 bridgehead atoms. The Hall–Kier alpha value is -2.67. The highest BCUT2D eigenvalue weighted by molar-refractivity contribution is 8.00. The van der Waals surface area contributed by atoms with Gasteiger partial charge in [-0.15, -0.1) is 5.10 Å². The minimum Gasteiger partial charge on any atom is -0.349 e. The summed E-state index contributed by atoms with van der Waals surface area (Å²) in [4.78, 5) is 12.7. The van der Waals surface area contributed by atoms with Gasteiger partial charge in [0.2, 0.25) is 11.1 Å². The van der Waals surface area contributed by atoms with Crippen LogP contribution in [0.5, 0.6) is 0 Å². The number of nitrogens with zero attached hydrogens (tertiary/aromatic N) is 4. The highest BCUT2D eigenvalue weighted by atomic mass is 32.2. The minimum absolute atomic E-state index is 0.0172. The summed E-state index contributed by atoms with van der Waals surface area (Å²) in [7, 11) is 0. The van der Waals surface area contributed by atoms with Crippen molar-refractivity contribution in [2.45, 2.75) is 36.7 Å². The van der Waals surface area contributed by atoms with E-state index in [4.69, 9.17) is 0 Å². The molecule has 1 heterocycles. The second kappa shape index (κ2) is 8.62. The topological polar surface area (TPSA) is 72.7 Å². The zero-order chi connectivity index (χ0) is 18.4. The lowest BCUT2D eigenvalue weighted by atomic mass is 10.1. The first kappa shape index (κ1) is 18.1. The van der Waals surface area contributed by atoms with E-state index in [0.717, 1.165) is 11.3 Å². The fourth-order valence-corrected chi connectivity index (χ4v) is 3.49. The number of thioether (sulfide) groups is 1. The summed E-state index contributed by atoms with van der Waals surface area (Å²) in [5.74, 6) is -0.0172. The standard InChI is InChI=1S/C19H21N5OS/c1-3-17(18(25)20-14(2)15-10-6-4-7-11-15)26-19-21-22-23-24(19)16-12-8-5-9-13-16/h4-14,17H,3H2,1-2H3,(H,20,25)/t14-,17-/m0/s1. The normalized spacial score (nSPS) is 13.2. The lowest BCUT2D eigenvalue weighted by Gasteiger charge is -2.19. The van der Waals surface area contributed by atoms with E-state index >= 15 is 0 Å². The van der Waals surface area contributed by atoms with Gasteiger partial charge in [0.1, 0.15) is 0 Å². The highest BCUT2D eigenvalue weighted by Crippen LogP contribution is 2.26. The third kappa shape index (κ3) is 4.29. The Labute approximate surface area is 157 Å². The third-order valence-electron chi connectivity index (χ3n) is 4.01. The maximum atomic E-state index is 12.7. The highest BCUT2D eigenvalue weighted by Gasteiger charge is 2.23. The second-order valence-corrected chi connectivity index (χ2v) is 7.03. The van der Waals surface area contributed by atoms with E-state index in [-0.39, 0.29) is 17.2 Å². The summed E-state index contributed by atoms with van der Waals surface area (Å²) in [5, 5.41) is 15.3. The number of aromatic nitrogens is 4. The average molecular weight is 367 g/mol. The van der Waals surface area contributed by atoms with E-state index < -0.39 is 0 Å². The number of carbonyl (C=O) groups is 1. The van der Waals surface area contributed by atoms with Gasteiger partial charge in [0.25, 0.3) is 0 Å². The van der Waals surface area contributed by atoms with E-state index in [1.165, 1.54) is 11.8 Å². The predicted octanol–water partition coefficient (Wildman–Crippen LogP) is 3.41. The molecule has 1 aromatic heterocycles. The molecule has 0 aliphatic rings. The molecule has 0 radical (unpaired) electrons. The van der Waals surface area contributed by atoms with Crippen molar-refractivity contribution < 1.29 is 4.79 Å². The van der Waals surface area contributed by atoms with Crippen LogP contribution in [0.3, 0.4) is 0 Å². The number of carbonyl (C=O) groups excluding carboxylic acids is 1. The van der Waals surface area contributed by atoms with Crippen LogP contribution >= 0.6 is 11.8 Å². The molecule has 0 saturated carbocycles. The molecule has 6 nitrogen and oxygen atoms in total. The molecule has 1 amide bonds. The number of rotatable bonds is 7. The van der Waals surface area contributed by atoms with Crippen LogP contribution in [0.15, 0.2) is 65.8 Å². The molecular formula is C19H21N5OS. The zero-order valence-electron chi connectivity index (χ0n) is 14.7. The van der Waals surface area contributed by atoms with Crippen LogP contribution < -0.4 is 5.32 Å². The van der Waals surface area contributed by atoms with Gasteiger partial charge < -0.3 is 5.32 Å². The SMILES string of the molecule is CC[C@H](Sc1nnnn1-c1ccccc1)C(=O)N[C@@H](C)c1ccccc1. The number of amides is 1. The fourth-order valence-electron chi connectivity index (χ4n) is 2.56. The molecule has 2 aromatic carbocycles. The summed E-state index contributed by atoms with van der Waals surface area (Å²) >= 11 is 1.38. The quantitative estimate of drug-likeness (QED) is 0.648. The van der Waals surface area contributed by atoms with Crippen molar-refractivity contribution in [3.8, 4) is 5.69 Å². The Kier molecular flexibility index (Phi) is 6.01. The first-order valence-electron chi connectivity index (χ1n) is 8.54. The Balaban J connectivity index is 1.70. The first-order valence-corrected chi connectivity index (χ1v) is 9.42. The zero-order valence-corrected chi connectivity index (χ0v) is 15.6. The molecule has 3 rings (SSSR count). The van der Waals surface area contributed by atoms with E-state index in [1.807, 2.05) is 74.5 Å². The number of tetrazole rings is 1. The number of nitrogens with one attached hydrogen (secondary N) is 1. The second-order valence-electron chi connectivity index (χ2n) is 5.86. The molecule has 3 aromatic rings. The van der Waals surface area contributed by atoms with Crippen LogP contribution in [0.4, 0.5) is 0 Å². The third-order valence-corrected chi connectivity index (χ3v) is 5.31. The number of benzene rings is 2. The Morgan fingerprint density at radius 3 is 2.42 bits per heavy atom. The number of hydrogen-bond donors (Lipinski definition) is 1. The van der Waals surface area contributed by atoms with Gasteiger partial charge in [-0.2, -0.15) is 4.68 Å². The smallest absolute Gasteiger partial charge is 0.234 e. The molecule has 0 fully saturated rings. The number of para-hydroxylation sites is 1. The van der Waals surface area contributed by atoms with Crippen molar-refractivity contribution in [1.82, 2.24) is 25.5 Å². The largest absolute Gasteiger partial charge is 0.349 e. The summed E-state index contributed by atoms with van der Waals surface area (Å²) in [5.41, 5.74) is 1.95. The summed E-state index contributed by atoms with van der Waals surface area (Å²) in [6.45, 7) is 3.97. The molecule has 134 valence electrons. The minimum atomic E-state index is -0.269. The van der Waals surface area contributed by atoms with Crippen LogP contribution in [-0.2, 0) is 4.79 Å². The summed E-state index contributed by atoms with van der Waals surface area (Å²) in [6.07, 6.45) is 0.680. The molecule has 0 saturated heterocycles. The molecule has 1 N–H and O–H groups in total. The predicted molar refractivity (Wildman–Crippen MR) is 102 cm³/mol. The van der Waals surface area contributed by atoms with E-state index in [1.54, 1.807) is 4.68 Å². The van der Waals surface area contributed by atoms with E-state index in [9.17, 15) is 4.79 Å². The first-order chi connectivity index (χ1) is 12.7. The monoisotopic (exact) mass is 367 g/mol. The van der Waals surface area contributed by atoms with Gasteiger partial charge in [-0.1, -0.05) is 67.2 Å². The molecule has 0 spiro atoms. The van der Waals surface area contributed by atoms with Crippen LogP contribution in [0.2, 0.25) is 0 Å². The lowest BCUT2D eigenvalue weighted by Crippen LogP contribution is -2.34. The summed E-state index contributed by atoms with van der Waals surface area (Å²) < 4.78 is 1.65. The molecule has 0 aliphatic carbocycles. The molecular weight excluding hydrogens is 346 g/mol. The molecule has 0 aliphatic heterocycles. The maximum absolute atomic E-state index is 12.7. The van der Waals surface area contributed by atoms with Crippen LogP contribution in [0, 0.1) is 0 Å². The molecule has 0 unspecified atom stereocenters. The van der Waals surface area contributed by atoms with E-state index in [0.29, 0.717) is 11.6 Å². The van der Waals surface area contributed by atoms with Crippen molar-refractivity contribution in [2.24, 2.45) is 0 Å². The Morgan fingerprint density at radius 2 is 1.77 bits per heavy atom. The molecule has 2 atom stereocenters. The van der Waals surface area contributed by atoms with Gasteiger partial charge in [-0.25, -0.2) is 0 Å². The summed E-state index contributed by atoms with van der Waals surface area (Å²) in [6, 6.07) is 19.5. The Morgan fingerprint density at radius 1 is 1.12 bits per heavy atom. The molecule has 7 heteroatoms. The maximum Gasteiger partial charge on any atom is 0.234 e. The van der Waals surface area contributed by atoms with Crippen molar-refractivity contribution in [3.63, 3.8) is 0 Å². The van der Waals surface area contributed by atoms with Gasteiger partial charge in [0.05, 0.1) is 17.0 Å².